The predicted octanol–water partition coefficient (Wildman–Crippen LogP) is 4.82. The summed E-state index contributed by atoms with van der Waals surface area (Å²) in [5.41, 5.74) is 3.04. The fraction of sp³-hybridized carbons (Fsp3) is 0.500. The zero-order chi connectivity index (χ0) is 20.8. The Labute approximate surface area is 180 Å². The Morgan fingerprint density at radius 3 is 2.43 bits per heavy atom. The molecule has 1 unspecified atom stereocenters. The predicted molar refractivity (Wildman–Crippen MR) is 122 cm³/mol. The molecule has 30 heavy (non-hydrogen) atoms. The van der Waals surface area contributed by atoms with Crippen LogP contribution in [0.25, 0.3) is 0 Å². The fourth-order valence-corrected chi connectivity index (χ4v) is 4.94. The summed E-state index contributed by atoms with van der Waals surface area (Å²) in [5.74, 6) is 0.996. The van der Waals surface area contributed by atoms with Crippen LogP contribution in [0.5, 0.6) is 5.75 Å². The highest BCUT2D eigenvalue weighted by atomic mass is 16.5. The molecule has 1 aliphatic carbocycles. The van der Waals surface area contributed by atoms with E-state index in [0.29, 0.717) is 6.61 Å². The van der Waals surface area contributed by atoms with Crippen molar-refractivity contribution in [3.63, 3.8) is 0 Å². The summed E-state index contributed by atoms with van der Waals surface area (Å²) < 4.78 is 5.97. The third-order valence-corrected chi connectivity index (χ3v) is 6.78. The molecule has 1 N–H and O–H groups in total. The zero-order valence-electron chi connectivity index (χ0n) is 18.1. The van der Waals surface area contributed by atoms with Crippen LogP contribution in [0.1, 0.15) is 55.6 Å². The van der Waals surface area contributed by atoms with Crippen molar-refractivity contribution < 1.29 is 9.84 Å². The van der Waals surface area contributed by atoms with E-state index in [0.717, 1.165) is 57.5 Å². The molecule has 0 aromatic heterocycles. The Bertz CT molecular complexity index is 826. The molecule has 2 aromatic carbocycles. The SMILES string of the molecule is CN=C1CCN(CC(c2ccc(OCc3ccccc3)cc2)C2(O)CCCCC2)C1. The van der Waals surface area contributed by atoms with E-state index in [1.54, 1.807) is 0 Å². The first-order chi connectivity index (χ1) is 14.7. The molecule has 4 nitrogen and oxygen atoms in total. The molecule has 0 amide bonds. The molecule has 2 aliphatic rings. The van der Waals surface area contributed by atoms with Crippen molar-refractivity contribution >= 4 is 5.71 Å². The van der Waals surface area contributed by atoms with Gasteiger partial charge in [-0.05, 0) is 42.5 Å². The summed E-state index contributed by atoms with van der Waals surface area (Å²) >= 11 is 0. The third-order valence-electron chi connectivity index (χ3n) is 6.78. The van der Waals surface area contributed by atoms with Crippen molar-refractivity contribution in [1.82, 2.24) is 4.90 Å². The number of rotatable bonds is 7. The van der Waals surface area contributed by atoms with E-state index >= 15 is 0 Å². The molecule has 4 rings (SSSR count). The maximum absolute atomic E-state index is 11.6. The second-order valence-corrected chi connectivity index (χ2v) is 8.84. The highest BCUT2D eigenvalue weighted by Gasteiger charge is 2.40. The largest absolute Gasteiger partial charge is 0.489 e. The van der Waals surface area contributed by atoms with Gasteiger partial charge >= 0.3 is 0 Å². The van der Waals surface area contributed by atoms with Gasteiger partial charge in [0.1, 0.15) is 12.4 Å². The van der Waals surface area contributed by atoms with Gasteiger partial charge in [0.25, 0.3) is 0 Å². The van der Waals surface area contributed by atoms with Crippen LogP contribution >= 0.6 is 0 Å². The molecule has 0 bridgehead atoms. The molecule has 4 heteroatoms. The zero-order valence-corrected chi connectivity index (χ0v) is 18.1. The first-order valence-electron chi connectivity index (χ1n) is 11.3. The van der Waals surface area contributed by atoms with Crippen LogP contribution in [0, 0.1) is 0 Å². The Hall–Kier alpha value is -2.17. The minimum atomic E-state index is -0.614. The van der Waals surface area contributed by atoms with E-state index in [1.165, 1.54) is 23.3 Å². The lowest BCUT2D eigenvalue weighted by atomic mass is 9.72. The summed E-state index contributed by atoms with van der Waals surface area (Å²) in [4.78, 5) is 6.86. The normalized spacial score (nSPS) is 21.6. The van der Waals surface area contributed by atoms with E-state index < -0.39 is 5.60 Å². The molecule has 0 radical (unpaired) electrons. The van der Waals surface area contributed by atoms with E-state index in [4.69, 9.17) is 4.74 Å². The molecule has 0 spiro atoms. The number of nitrogens with zero attached hydrogens (tertiary/aromatic N) is 2. The number of ether oxygens (including phenoxy) is 1. The van der Waals surface area contributed by atoms with Crippen molar-refractivity contribution in [2.45, 2.75) is 56.7 Å². The molecule has 2 aromatic rings. The van der Waals surface area contributed by atoms with Gasteiger partial charge in [0, 0.05) is 38.3 Å². The van der Waals surface area contributed by atoms with Crippen LogP contribution < -0.4 is 4.74 Å². The number of benzene rings is 2. The minimum absolute atomic E-state index is 0.122. The van der Waals surface area contributed by atoms with Crippen LogP contribution in [0.3, 0.4) is 0 Å². The minimum Gasteiger partial charge on any atom is -0.489 e. The molecule has 1 atom stereocenters. The van der Waals surface area contributed by atoms with Gasteiger partial charge in [-0.1, -0.05) is 61.7 Å². The first kappa shape index (κ1) is 21.1. The Morgan fingerprint density at radius 1 is 1.03 bits per heavy atom. The van der Waals surface area contributed by atoms with Gasteiger partial charge in [-0.2, -0.15) is 0 Å². The van der Waals surface area contributed by atoms with Gasteiger partial charge in [-0.25, -0.2) is 0 Å². The summed E-state index contributed by atoms with van der Waals surface area (Å²) in [6, 6.07) is 18.7. The summed E-state index contributed by atoms with van der Waals surface area (Å²) in [5, 5.41) is 11.6. The van der Waals surface area contributed by atoms with Gasteiger partial charge in [0.15, 0.2) is 0 Å². The van der Waals surface area contributed by atoms with E-state index in [9.17, 15) is 5.11 Å². The van der Waals surface area contributed by atoms with Crippen LogP contribution in [-0.2, 0) is 6.61 Å². The van der Waals surface area contributed by atoms with E-state index in [1.807, 2.05) is 25.2 Å². The average molecular weight is 407 g/mol. The fourth-order valence-electron chi connectivity index (χ4n) is 4.94. The van der Waals surface area contributed by atoms with Crippen molar-refractivity contribution in [2.24, 2.45) is 4.99 Å². The number of hydrogen-bond acceptors (Lipinski definition) is 4. The number of aliphatic imine (C=N–C) groups is 1. The topological polar surface area (TPSA) is 45.1 Å². The molecule has 2 fully saturated rings. The third kappa shape index (κ3) is 5.11. The quantitative estimate of drug-likeness (QED) is 0.717. The highest BCUT2D eigenvalue weighted by Crippen LogP contribution is 2.41. The monoisotopic (exact) mass is 406 g/mol. The van der Waals surface area contributed by atoms with Crippen LogP contribution in [0.4, 0.5) is 0 Å². The maximum atomic E-state index is 11.6. The first-order valence-corrected chi connectivity index (χ1v) is 11.3. The molecule has 1 heterocycles. The lowest BCUT2D eigenvalue weighted by molar-refractivity contribution is -0.0291. The van der Waals surface area contributed by atoms with Gasteiger partial charge in [-0.15, -0.1) is 0 Å². The summed E-state index contributed by atoms with van der Waals surface area (Å²) in [6.07, 6.45) is 6.31. The molecule has 1 aliphatic heterocycles. The van der Waals surface area contributed by atoms with Gasteiger partial charge in [0.2, 0.25) is 0 Å². The van der Waals surface area contributed by atoms with Crippen LogP contribution in [-0.4, -0.2) is 48.0 Å². The lowest BCUT2D eigenvalue weighted by Crippen LogP contribution is -2.44. The molecule has 1 saturated carbocycles. The second kappa shape index (κ2) is 9.76. The van der Waals surface area contributed by atoms with Crippen molar-refractivity contribution in [3.05, 3.63) is 65.7 Å². The van der Waals surface area contributed by atoms with Crippen LogP contribution in [0.2, 0.25) is 0 Å². The lowest BCUT2D eigenvalue weighted by Gasteiger charge is -2.41. The van der Waals surface area contributed by atoms with Gasteiger partial charge < -0.3 is 9.84 Å². The number of aliphatic hydroxyl groups is 1. The Morgan fingerprint density at radius 2 is 1.77 bits per heavy atom. The standard InChI is InChI=1S/C26H34N2O2/c1-27-23-14-17-28(18-23)19-25(26(29)15-6-3-7-16-26)22-10-12-24(13-11-22)30-20-21-8-4-2-5-9-21/h2,4-5,8-13,25,29H,3,6-7,14-20H2,1H3. The second-order valence-electron chi connectivity index (χ2n) is 8.84. The van der Waals surface area contributed by atoms with Crippen LogP contribution in [0.15, 0.2) is 59.6 Å². The molecule has 1 saturated heterocycles. The number of likely N-dealkylation sites (tertiary alicyclic amines) is 1. The smallest absolute Gasteiger partial charge is 0.119 e. The van der Waals surface area contributed by atoms with Crippen molar-refractivity contribution in [2.75, 3.05) is 26.7 Å². The van der Waals surface area contributed by atoms with Crippen molar-refractivity contribution in [3.8, 4) is 5.75 Å². The van der Waals surface area contributed by atoms with E-state index in [2.05, 4.69) is 46.3 Å². The van der Waals surface area contributed by atoms with E-state index in [-0.39, 0.29) is 5.92 Å². The number of hydrogen-bond donors (Lipinski definition) is 1. The average Bonchev–Trinajstić information content (AvgIpc) is 3.26. The van der Waals surface area contributed by atoms with Gasteiger partial charge in [0.05, 0.1) is 5.60 Å². The highest BCUT2D eigenvalue weighted by molar-refractivity contribution is 5.88. The van der Waals surface area contributed by atoms with Crippen molar-refractivity contribution in [1.29, 1.82) is 0 Å². The maximum Gasteiger partial charge on any atom is 0.119 e. The summed E-state index contributed by atoms with van der Waals surface area (Å²) in [7, 11) is 1.89. The molecular formula is C26H34N2O2. The Balaban J connectivity index is 1.48. The molecular weight excluding hydrogens is 372 g/mol. The molecule has 160 valence electrons. The Kier molecular flexibility index (Phi) is 6.86. The van der Waals surface area contributed by atoms with Gasteiger partial charge in [-0.3, -0.25) is 9.89 Å². The summed E-state index contributed by atoms with van der Waals surface area (Å²) in [6.45, 7) is 3.43.